The van der Waals surface area contributed by atoms with Crippen molar-refractivity contribution in [2.45, 2.75) is 32.7 Å². The Bertz CT molecular complexity index is 554. The first-order valence-electron chi connectivity index (χ1n) is 8.60. The Kier molecular flexibility index (Phi) is 5.05. The molecule has 1 aromatic rings. The van der Waals surface area contributed by atoms with Crippen LogP contribution in [0, 0.1) is 0 Å². The molecule has 0 unspecified atom stereocenters. The summed E-state index contributed by atoms with van der Waals surface area (Å²) in [7, 11) is 0. The van der Waals surface area contributed by atoms with Gasteiger partial charge in [-0.3, -0.25) is 4.90 Å². The van der Waals surface area contributed by atoms with Gasteiger partial charge < -0.3 is 19.1 Å². The maximum absolute atomic E-state index is 12.5. The molecule has 2 saturated heterocycles. The average molecular weight is 337 g/mol. The van der Waals surface area contributed by atoms with Gasteiger partial charge in [0.1, 0.15) is 0 Å². The van der Waals surface area contributed by atoms with E-state index >= 15 is 0 Å². The number of hydrogen-bond acceptors (Lipinski definition) is 6. The third-order valence-electron chi connectivity index (χ3n) is 4.42. The Hall–Kier alpha value is -1.67. The van der Waals surface area contributed by atoms with Gasteiger partial charge in [0.25, 0.3) is 0 Å². The molecule has 2 amide bonds. The molecule has 0 aromatic carbocycles. The van der Waals surface area contributed by atoms with Crippen molar-refractivity contribution < 1.29 is 14.1 Å². The monoisotopic (exact) mass is 337 g/mol. The highest BCUT2D eigenvalue weighted by atomic mass is 16.5. The van der Waals surface area contributed by atoms with Crippen LogP contribution >= 0.6 is 0 Å². The summed E-state index contributed by atoms with van der Waals surface area (Å²) in [6.45, 7) is 12.6. The molecule has 8 nitrogen and oxygen atoms in total. The molecular formula is C16H27N5O3. The maximum atomic E-state index is 12.5. The van der Waals surface area contributed by atoms with Crippen LogP contribution in [0.3, 0.4) is 0 Å². The van der Waals surface area contributed by atoms with Gasteiger partial charge in [-0.05, 0) is 0 Å². The van der Waals surface area contributed by atoms with Crippen LogP contribution in [0.5, 0.6) is 0 Å². The zero-order valence-corrected chi connectivity index (χ0v) is 14.8. The number of carbonyl (C=O) groups is 1. The molecule has 0 N–H and O–H groups in total. The largest absolute Gasteiger partial charge is 0.378 e. The molecule has 134 valence electrons. The molecule has 2 aliphatic heterocycles. The summed E-state index contributed by atoms with van der Waals surface area (Å²) in [5.74, 6) is 1.38. The zero-order valence-electron chi connectivity index (χ0n) is 14.8. The predicted octanol–water partition coefficient (Wildman–Crippen LogP) is 0.937. The lowest BCUT2D eigenvalue weighted by molar-refractivity contribution is 0.0367. The standard InChI is InChI=1S/C16H27N5O3/c1-16(2,3)14-17-13(24-18-14)12-19-4-6-20(7-5-19)15(22)21-8-10-23-11-9-21/h4-12H2,1-3H3. The van der Waals surface area contributed by atoms with Crippen molar-refractivity contribution in [1.82, 2.24) is 24.8 Å². The number of hydrogen-bond donors (Lipinski definition) is 0. The van der Waals surface area contributed by atoms with Crippen LogP contribution in [0.2, 0.25) is 0 Å². The smallest absolute Gasteiger partial charge is 0.320 e. The number of piperazine rings is 1. The number of rotatable bonds is 2. The number of carbonyl (C=O) groups excluding carboxylic acids is 1. The Labute approximate surface area is 142 Å². The first kappa shape index (κ1) is 17.2. The molecule has 1 aromatic heterocycles. The van der Waals surface area contributed by atoms with Crippen molar-refractivity contribution in [2.75, 3.05) is 52.5 Å². The SMILES string of the molecule is CC(C)(C)c1noc(CN2CCN(C(=O)N3CCOCC3)CC2)n1. The van der Waals surface area contributed by atoms with Crippen LogP contribution in [-0.4, -0.2) is 83.4 Å². The maximum Gasteiger partial charge on any atom is 0.320 e. The van der Waals surface area contributed by atoms with Crippen molar-refractivity contribution >= 4 is 6.03 Å². The van der Waals surface area contributed by atoms with E-state index in [1.807, 2.05) is 9.80 Å². The van der Waals surface area contributed by atoms with E-state index in [4.69, 9.17) is 9.26 Å². The van der Waals surface area contributed by atoms with Gasteiger partial charge in [-0.2, -0.15) is 4.98 Å². The molecule has 2 fully saturated rings. The van der Waals surface area contributed by atoms with Gasteiger partial charge in [0.2, 0.25) is 5.89 Å². The lowest BCUT2D eigenvalue weighted by Gasteiger charge is -2.38. The number of urea groups is 1. The highest BCUT2D eigenvalue weighted by molar-refractivity contribution is 5.74. The van der Waals surface area contributed by atoms with E-state index in [0.717, 1.165) is 32.0 Å². The van der Waals surface area contributed by atoms with Crippen molar-refractivity contribution in [1.29, 1.82) is 0 Å². The highest BCUT2D eigenvalue weighted by Gasteiger charge is 2.27. The lowest BCUT2D eigenvalue weighted by atomic mass is 9.96. The van der Waals surface area contributed by atoms with E-state index in [9.17, 15) is 4.79 Å². The minimum Gasteiger partial charge on any atom is -0.378 e. The lowest BCUT2D eigenvalue weighted by Crippen LogP contribution is -2.54. The van der Waals surface area contributed by atoms with Gasteiger partial charge in [-0.25, -0.2) is 4.79 Å². The fraction of sp³-hybridized carbons (Fsp3) is 0.812. The fourth-order valence-electron chi connectivity index (χ4n) is 2.87. The van der Waals surface area contributed by atoms with Gasteiger partial charge >= 0.3 is 6.03 Å². The third kappa shape index (κ3) is 4.05. The molecule has 0 radical (unpaired) electrons. The van der Waals surface area contributed by atoms with Crippen LogP contribution < -0.4 is 0 Å². The molecule has 0 aliphatic carbocycles. The second-order valence-corrected chi connectivity index (χ2v) is 7.41. The predicted molar refractivity (Wildman–Crippen MR) is 87.6 cm³/mol. The summed E-state index contributed by atoms with van der Waals surface area (Å²) >= 11 is 0. The quantitative estimate of drug-likeness (QED) is 0.799. The Morgan fingerprint density at radius 3 is 2.25 bits per heavy atom. The Morgan fingerprint density at radius 2 is 1.67 bits per heavy atom. The van der Waals surface area contributed by atoms with Gasteiger partial charge in [-0.1, -0.05) is 25.9 Å². The number of aromatic nitrogens is 2. The Balaban J connectivity index is 1.48. The molecule has 8 heteroatoms. The summed E-state index contributed by atoms with van der Waals surface area (Å²) in [4.78, 5) is 23.0. The van der Waals surface area contributed by atoms with Gasteiger partial charge in [-0.15, -0.1) is 0 Å². The molecule has 3 rings (SSSR count). The average Bonchev–Trinajstić information content (AvgIpc) is 3.05. The fourth-order valence-corrected chi connectivity index (χ4v) is 2.87. The molecule has 2 aliphatic rings. The molecular weight excluding hydrogens is 310 g/mol. The van der Waals surface area contributed by atoms with Crippen LogP contribution in [0.4, 0.5) is 4.79 Å². The van der Waals surface area contributed by atoms with E-state index in [0.29, 0.717) is 38.7 Å². The Morgan fingerprint density at radius 1 is 1.04 bits per heavy atom. The zero-order chi connectivity index (χ0) is 17.2. The number of nitrogens with zero attached hydrogens (tertiary/aromatic N) is 5. The summed E-state index contributed by atoms with van der Waals surface area (Å²) in [6.07, 6.45) is 0. The topological polar surface area (TPSA) is 74.9 Å². The van der Waals surface area contributed by atoms with E-state index in [1.54, 1.807) is 0 Å². The highest BCUT2D eigenvalue weighted by Crippen LogP contribution is 2.19. The summed E-state index contributed by atoms with van der Waals surface area (Å²) in [5, 5.41) is 4.06. The molecule has 0 atom stereocenters. The second kappa shape index (κ2) is 7.06. The second-order valence-electron chi connectivity index (χ2n) is 7.41. The number of morpholine rings is 1. The van der Waals surface area contributed by atoms with Crippen molar-refractivity contribution in [3.05, 3.63) is 11.7 Å². The summed E-state index contributed by atoms with van der Waals surface area (Å²) in [5.41, 5.74) is -0.106. The molecule has 0 spiro atoms. The van der Waals surface area contributed by atoms with Gasteiger partial charge in [0.15, 0.2) is 5.82 Å². The summed E-state index contributed by atoms with van der Waals surface area (Å²) < 4.78 is 10.7. The van der Waals surface area contributed by atoms with Crippen LogP contribution in [0.25, 0.3) is 0 Å². The molecule has 24 heavy (non-hydrogen) atoms. The van der Waals surface area contributed by atoms with Crippen LogP contribution in [0.15, 0.2) is 4.52 Å². The minimum atomic E-state index is -0.106. The molecule has 0 saturated carbocycles. The van der Waals surface area contributed by atoms with Gasteiger partial charge in [0.05, 0.1) is 19.8 Å². The van der Waals surface area contributed by atoms with E-state index in [-0.39, 0.29) is 11.4 Å². The van der Waals surface area contributed by atoms with Crippen molar-refractivity contribution in [3.8, 4) is 0 Å². The van der Waals surface area contributed by atoms with Crippen LogP contribution in [0.1, 0.15) is 32.5 Å². The van der Waals surface area contributed by atoms with Gasteiger partial charge in [0, 0.05) is 44.7 Å². The van der Waals surface area contributed by atoms with Crippen molar-refractivity contribution in [2.24, 2.45) is 0 Å². The summed E-state index contributed by atoms with van der Waals surface area (Å²) in [6, 6.07) is 0.130. The normalized spacial score (nSPS) is 20.5. The first-order chi connectivity index (χ1) is 11.4. The number of amides is 2. The molecule has 3 heterocycles. The minimum absolute atomic E-state index is 0.106. The van der Waals surface area contributed by atoms with Crippen LogP contribution in [-0.2, 0) is 16.7 Å². The first-order valence-corrected chi connectivity index (χ1v) is 8.60. The third-order valence-corrected chi connectivity index (χ3v) is 4.42. The number of ether oxygens (including phenoxy) is 1. The van der Waals surface area contributed by atoms with Crippen molar-refractivity contribution in [3.63, 3.8) is 0 Å². The van der Waals surface area contributed by atoms with E-state index in [2.05, 4.69) is 35.8 Å². The van der Waals surface area contributed by atoms with E-state index < -0.39 is 0 Å². The van der Waals surface area contributed by atoms with E-state index in [1.165, 1.54) is 0 Å². The molecule has 0 bridgehead atoms.